The molecule has 0 amide bonds. The van der Waals surface area contributed by atoms with E-state index in [4.69, 9.17) is 9.94 Å². The molecule has 0 radical (unpaired) electrons. The van der Waals surface area contributed by atoms with Crippen molar-refractivity contribution in [3.8, 4) is 0 Å². The van der Waals surface area contributed by atoms with Gasteiger partial charge in [-0.1, -0.05) is 35.5 Å². The Morgan fingerprint density at radius 1 is 1.40 bits per heavy atom. The van der Waals surface area contributed by atoms with E-state index in [-0.39, 0.29) is 5.71 Å². The fourth-order valence-corrected chi connectivity index (χ4v) is 0.990. The summed E-state index contributed by atoms with van der Waals surface area (Å²) in [6.45, 7) is 1.78. The molecule has 1 aromatic carbocycles. The summed E-state index contributed by atoms with van der Waals surface area (Å²) in [4.78, 5) is 15.2. The van der Waals surface area contributed by atoms with Gasteiger partial charge in [0.05, 0.1) is 0 Å². The number of benzene rings is 1. The molecule has 0 saturated heterocycles. The molecular formula is C11H13NO3. The first-order valence-corrected chi connectivity index (χ1v) is 4.64. The van der Waals surface area contributed by atoms with Crippen LogP contribution in [0.3, 0.4) is 0 Å². The number of carboxylic acids is 1. The van der Waals surface area contributed by atoms with Gasteiger partial charge in [-0.15, -0.1) is 0 Å². The molecule has 1 N–H and O–H groups in total. The zero-order valence-electron chi connectivity index (χ0n) is 8.51. The summed E-state index contributed by atoms with van der Waals surface area (Å²) in [6.07, 6.45) is 0.719. The van der Waals surface area contributed by atoms with Gasteiger partial charge in [-0.2, -0.15) is 0 Å². The van der Waals surface area contributed by atoms with Crippen molar-refractivity contribution in [2.24, 2.45) is 5.16 Å². The Labute approximate surface area is 88.2 Å². The summed E-state index contributed by atoms with van der Waals surface area (Å²) in [7, 11) is 0. The highest BCUT2D eigenvalue weighted by Gasteiger charge is 2.01. The van der Waals surface area contributed by atoms with E-state index in [0.717, 1.165) is 12.0 Å². The second kappa shape index (κ2) is 5.80. The first-order valence-electron chi connectivity index (χ1n) is 4.64. The molecule has 0 fully saturated rings. The van der Waals surface area contributed by atoms with Gasteiger partial charge in [-0.3, -0.25) is 0 Å². The molecule has 0 aliphatic carbocycles. The van der Waals surface area contributed by atoms with Crippen LogP contribution in [0.2, 0.25) is 0 Å². The Bertz CT molecular complexity index is 346. The molecule has 1 aromatic rings. The summed E-state index contributed by atoms with van der Waals surface area (Å²) in [5.41, 5.74) is 1.10. The van der Waals surface area contributed by atoms with Crippen molar-refractivity contribution in [2.45, 2.75) is 13.3 Å². The van der Waals surface area contributed by atoms with Crippen LogP contribution in [0.4, 0.5) is 0 Å². The third-order valence-corrected chi connectivity index (χ3v) is 1.84. The van der Waals surface area contributed by atoms with Gasteiger partial charge in [-0.05, 0) is 12.5 Å². The van der Waals surface area contributed by atoms with Gasteiger partial charge in [0.25, 0.3) is 0 Å². The minimum atomic E-state index is -1.06. The van der Waals surface area contributed by atoms with Gasteiger partial charge in [0.15, 0.2) is 5.71 Å². The Balaban J connectivity index is 2.29. The molecule has 0 unspecified atom stereocenters. The number of rotatable bonds is 5. The third-order valence-electron chi connectivity index (χ3n) is 1.84. The minimum absolute atomic E-state index is 0.0388. The molecule has 0 spiro atoms. The number of hydrogen-bond acceptors (Lipinski definition) is 3. The fourth-order valence-electron chi connectivity index (χ4n) is 0.990. The van der Waals surface area contributed by atoms with Gasteiger partial charge in [0.1, 0.15) is 6.61 Å². The maximum absolute atomic E-state index is 10.4. The summed E-state index contributed by atoms with van der Waals surface area (Å²) >= 11 is 0. The molecule has 0 aliphatic heterocycles. The summed E-state index contributed by atoms with van der Waals surface area (Å²) in [5, 5.41) is 11.9. The number of hydrogen-bond donors (Lipinski definition) is 1. The zero-order chi connectivity index (χ0) is 11.1. The normalized spacial score (nSPS) is 11.1. The molecule has 80 valence electrons. The molecule has 0 heterocycles. The topological polar surface area (TPSA) is 58.9 Å². The summed E-state index contributed by atoms with van der Waals surface area (Å²) in [5.74, 6) is -1.06. The quantitative estimate of drug-likeness (QED) is 0.454. The van der Waals surface area contributed by atoms with Crippen molar-refractivity contribution >= 4 is 11.7 Å². The largest absolute Gasteiger partial charge is 0.477 e. The molecule has 1 rings (SSSR count). The smallest absolute Gasteiger partial charge is 0.353 e. The van der Waals surface area contributed by atoms with Crippen molar-refractivity contribution in [1.82, 2.24) is 0 Å². The van der Waals surface area contributed by atoms with Gasteiger partial charge in [0, 0.05) is 6.42 Å². The van der Waals surface area contributed by atoms with E-state index in [0.29, 0.717) is 6.61 Å². The number of aliphatic carboxylic acids is 1. The Morgan fingerprint density at radius 3 is 2.67 bits per heavy atom. The highest BCUT2D eigenvalue weighted by atomic mass is 16.6. The van der Waals surface area contributed by atoms with E-state index in [9.17, 15) is 4.79 Å². The molecule has 0 aliphatic rings. The zero-order valence-corrected chi connectivity index (χ0v) is 8.51. The fraction of sp³-hybridized carbons (Fsp3) is 0.273. The average molecular weight is 207 g/mol. The van der Waals surface area contributed by atoms with Gasteiger partial charge in [-0.25, -0.2) is 4.79 Å². The van der Waals surface area contributed by atoms with Crippen LogP contribution in [0, 0.1) is 0 Å². The average Bonchev–Trinajstić information content (AvgIpc) is 2.25. The summed E-state index contributed by atoms with van der Waals surface area (Å²) in [6, 6.07) is 9.80. The maximum atomic E-state index is 10.4. The molecule has 0 aromatic heterocycles. The minimum Gasteiger partial charge on any atom is -0.477 e. The van der Waals surface area contributed by atoms with Crippen molar-refractivity contribution in [2.75, 3.05) is 6.61 Å². The van der Waals surface area contributed by atoms with E-state index in [2.05, 4.69) is 5.16 Å². The van der Waals surface area contributed by atoms with Crippen LogP contribution < -0.4 is 0 Å². The van der Waals surface area contributed by atoms with Gasteiger partial charge >= 0.3 is 5.97 Å². The lowest BCUT2D eigenvalue weighted by atomic mass is 10.2. The number of nitrogens with zero attached hydrogens (tertiary/aromatic N) is 1. The second-order valence-electron chi connectivity index (χ2n) is 3.05. The second-order valence-corrected chi connectivity index (χ2v) is 3.05. The molecule has 0 saturated carbocycles. The van der Waals surface area contributed by atoms with Crippen LogP contribution in [0.25, 0.3) is 0 Å². The predicted octanol–water partition coefficient (Wildman–Crippen LogP) is 1.71. The Morgan fingerprint density at radius 2 is 2.07 bits per heavy atom. The molecule has 4 heteroatoms. The highest BCUT2D eigenvalue weighted by molar-refractivity contribution is 6.34. The van der Waals surface area contributed by atoms with Crippen LogP contribution >= 0.6 is 0 Å². The highest BCUT2D eigenvalue weighted by Crippen LogP contribution is 1.99. The first kappa shape index (κ1) is 11.2. The van der Waals surface area contributed by atoms with E-state index in [1.54, 1.807) is 0 Å². The monoisotopic (exact) mass is 207 g/mol. The maximum Gasteiger partial charge on any atom is 0.353 e. The number of carboxylic acid groups (broad SMARTS) is 1. The van der Waals surface area contributed by atoms with Crippen molar-refractivity contribution in [1.29, 1.82) is 0 Å². The lowest BCUT2D eigenvalue weighted by molar-refractivity contribution is -0.129. The van der Waals surface area contributed by atoms with Crippen molar-refractivity contribution in [3.63, 3.8) is 0 Å². The van der Waals surface area contributed by atoms with E-state index < -0.39 is 5.97 Å². The van der Waals surface area contributed by atoms with Crippen LogP contribution in [-0.2, 0) is 16.1 Å². The molecule has 0 atom stereocenters. The standard InChI is InChI=1S/C11H13NO3/c1-9(11(13)14)12-15-8-7-10-5-3-2-4-6-10/h2-6H,7-8H2,1H3,(H,13,14)/b12-9+. The van der Waals surface area contributed by atoms with Crippen LogP contribution in [0.15, 0.2) is 35.5 Å². The van der Waals surface area contributed by atoms with E-state index >= 15 is 0 Å². The van der Waals surface area contributed by atoms with E-state index in [1.165, 1.54) is 6.92 Å². The molecular weight excluding hydrogens is 194 g/mol. The van der Waals surface area contributed by atoms with Gasteiger partial charge in [0.2, 0.25) is 0 Å². The first-order chi connectivity index (χ1) is 7.20. The van der Waals surface area contributed by atoms with E-state index in [1.807, 2.05) is 30.3 Å². The SMILES string of the molecule is C/C(=N\OCCc1ccccc1)C(=O)O. The Kier molecular flexibility index (Phi) is 4.34. The predicted molar refractivity (Wildman–Crippen MR) is 56.8 cm³/mol. The lowest BCUT2D eigenvalue weighted by Crippen LogP contribution is -2.09. The number of oxime groups is 1. The van der Waals surface area contributed by atoms with Crippen molar-refractivity contribution < 1.29 is 14.7 Å². The summed E-state index contributed by atoms with van der Waals surface area (Å²) < 4.78 is 0. The number of carbonyl (C=O) groups is 1. The molecule has 0 bridgehead atoms. The van der Waals surface area contributed by atoms with Crippen molar-refractivity contribution in [3.05, 3.63) is 35.9 Å². The van der Waals surface area contributed by atoms with Gasteiger partial charge < -0.3 is 9.94 Å². The van der Waals surface area contributed by atoms with Crippen LogP contribution in [0.1, 0.15) is 12.5 Å². The van der Waals surface area contributed by atoms with Crippen LogP contribution in [-0.4, -0.2) is 23.4 Å². The Hall–Kier alpha value is -1.84. The lowest BCUT2D eigenvalue weighted by Gasteiger charge is -2.00. The molecule has 4 nitrogen and oxygen atoms in total. The van der Waals surface area contributed by atoms with Crippen LogP contribution in [0.5, 0.6) is 0 Å². The third kappa shape index (κ3) is 4.26. The molecule has 15 heavy (non-hydrogen) atoms.